The molecule has 0 saturated carbocycles. The summed E-state index contributed by atoms with van der Waals surface area (Å²) >= 11 is 0. The van der Waals surface area contributed by atoms with Crippen molar-refractivity contribution < 1.29 is 14.3 Å². The highest BCUT2D eigenvalue weighted by Gasteiger charge is 2.26. The first-order valence-corrected chi connectivity index (χ1v) is 9.75. The van der Waals surface area contributed by atoms with Crippen LogP contribution in [0.25, 0.3) is 11.0 Å². The SMILES string of the molecule is CC(=O)c1cc2c(C)cc(O)c(CN3CCNCC3c3ccccc3)c2oc1=O. The van der Waals surface area contributed by atoms with Crippen molar-refractivity contribution in [2.45, 2.75) is 26.4 Å². The number of aryl methyl sites for hydroxylation is 1. The Morgan fingerprint density at radius 2 is 2.03 bits per heavy atom. The molecule has 6 nitrogen and oxygen atoms in total. The van der Waals surface area contributed by atoms with Gasteiger partial charge in [0.25, 0.3) is 0 Å². The summed E-state index contributed by atoms with van der Waals surface area (Å²) in [6, 6.07) is 13.6. The maximum Gasteiger partial charge on any atom is 0.347 e. The highest BCUT2D eigenvalue weighted by Crippen LogP contribution is 2.33. The number of rotatable bonds is 4. The second-order valence-corrected chi connectivity index (χ2v) is 7.54. The molecule has 1 fully saturated rings. The van der Waals surface area contributed by atoms with Gasteiger partial charge in [0.15, 0.2) is 5.78 Å². The van der Waals surface area contributed by atoms with Crippen LogP contribution in [0, 0.1) is 6.92 Å². The maximum absolute atomic E-state index is 12.3. The van der Waals surface area contributed by atoms with E-state index in [4.69, 9.17) is 4.42 Å². The van der Waals surface area contributed by atoms with Crippen LogP contribution in [0.5, 0.6) is 5.75 Å². The molecule has 1 atom stereocenters. The Bertz CT molecular complexity index is 1120. The summed E-state index contributed by atoms with van der Waals surface area (Å²) in [7, 11) is 0. The van der Waals surface area contributed by atoms with E-state index in [1.165, 1.54) is 12.5 Å². The number of piperazine rings is 1. The number of nitrogens with one attached hydrogen (secondary N) is 1. The number of aromatic hydroxyl groups is 1. The van der Waals surface area contributed by atoms with Crippen molar-refractivity contribution in [1.82, 2.24) is 10.2 Å². The van der Waals surface area contributed by atoms with E-state index in [9.17, 15) is 14.7 Å². The van der Waals surface area contributed by atoms with Gasteiger partial charge in [-0.2, -0.15) is 0 Å². The molecule has 1 aliphatic rings. The first-order valence-electron chi connectivity index (χ1n) is 9.75. The van der Waals surface area contributed by atoms with Crippen molar-refractivity contribution in [2.75, 3.05) is 19.6 Å². The lowest BCUT2D eigenvalue weighted by Gasteiger charge is -2.36. The molecule has 0 amide bonds. The Morgan fingerprint density at radius 3 is 2.76 bits per heavy atom. The fourth-order valence-electron chi connectivity index (χ4n) is 4.02. The van der Waals surface area contributed by atoms with Crippen LogP contribution in [-0.4, -0.2) is 35.4 Å². The Hall–Kier alpha value is -2.96. The third-order valence-corrected chi connectivity index (χ3v) is 5.59. The summed E-state index contributed by atoms with van der Waals surface area (Å²) in [5.74, 6) is -0.236. The standard InChI is InChI=1S/C23H24N2O4/c1-14-10-21(27)19(22-17(14)11-18(15(2)26)23(28)29-22)13-25-9-8-24-12-20(25)16-6-4-3-5-7-16/h3-7,10-11,20,24,27H,8-9,12-13H2,1-2H3. The third-order valence-electron chi connectivity index (χ3n) is 5.59. The normalized spacial score (nSPS) is 17.5. The van der Waals surface area contributed by atoms with Crippen molar-refractivity contribution in [3.8, 4) is 5.75 Å². The first kappa shape index (κ1) is 19.4. The Labute approximate surface area is 168 Å². The zero-order chi connectivity index (χ0) is 20.5. The maximum atomic E-state index is 12.3. The van der Waals surface area contributed by atoms with Crippen LogP contribution in [0.4, 0.5) is 0 Å². The van der Waals surface area contributed by atoms with Crippen LogP contribution in [0.3, 0.4) is 0 Å². The fourth-order valence-corrected chi connectivity index (χ4v) is 4.02. The van der Waals surface area contributed by atoms with Gasteiger partial charge in [0.2, 0.25) is 0 Å². The minimum atomic E-state index is -0.670. The van der Waals surface area contributed by atoms with E-state index in [-0.39, 0.29) is 23.1 Å². The number of ketones is 1. The predicted octanol–water partition coefficient (Wildman–Crippen LogP) is 3.16. The van der Waals surface area contributed by atoms with E-state index in [1.807, 2.05) is 25.1 Å². The van der Waals surface area contributed by atoms with Gasteiger partial charge in [0.1, 0.15) is 16.9 Å². The number of benzene rings is 2. The van der Waals surface area contributed by atoms with Gasteiger partial charge in [-0.05, 0) is 37.1 Å². The molecule has 3 aromatic rings. The average Bonchev–Trinajstić information content (AvgIpc) is 2.71. The zero-order valence-electron chi connectivity index (χ0n) is 16.6. The smallest absolute Gasteiger partial charge is 0.347 e. The lowest BCUT2D eigenvalue weighted by atomic mass is 9.99. The van der Waals surface area contributed by atoms with E-state index in [0.717, 1.165) is 25.2 Å². The summed E-state index contributed by atoms with van der Waals surface area (Å²) in [4.78, 5) is 26.4. The summed E-state index contributed by atoms with van der Waals surface area (Å²) < 4.78 is 5.55. The van der Waals surface area contributed by atoms with Crippen molar-refractivity contribution in [1.29, 1.82) is 0 Å². The molecule has 0 radical (unpaired) electrons. The third kappa shape index (κ3) is 3.69. The number of phenols is 1. The van der Waals surface area contributed by atoms with Crippen LogP contribution in [0.1, 0.15) is 40.0 Å². The number of carbonyl (C=O) groups is 1. The molecule has 29 heavy (non-hydrogen) atoms. The highest BCUT2D eigenvalue weighted by atomic mass is 16.4. The van der Waals surface area contributed by atoms with E-state index in [0.29, 0.717) is 23.1 Å². The number of hydrogen-bond donors (Lipinski definition) is 2. The molecular formula is C23H24N2O4. The van der Waals surface area contributed by atoms with E-state index < -0.39 is 5.63 Å². The summed E-state index contributed by atoms with van der Waals surface area (Å²) in [5, 5.41) is 14.8. The molecule has 1 aliphatic heterocycles. The summed E-state index contributed by atoms with van der Waals surface area (Å²) in [6.07, 6.45) is 0. The van der Waals surface area contributed by atoms with Crippen molar-refractivity contribution in [2.24, 2.45) is 0 Å². The van der Waals surface area contributed by atoms with E-state index >= 15 is 0 Å². The molecule has 0 spiro atoms. The Morgan fingerprint density at radius 1 is 1.28 bits per heavy atom. The molecule has 150 valence electrons. The number of Topliss-reactive ketones (excluding diaryl/α,β-unsaturated/α-hetero) is 1. The molecule has 6 heteroatoms. The van der Waals surface area contributed by atoms with Gasteiger partial charge in [-0.15, -0.1) is 0 Å². The topological polar surface area (TPSA) is 82.8 Å². The van der Waals surface area contributed by atoms with Crippen molar-refractivity contribution in [3.05, 3.63) is 75.1 Å². The predicted molar refractivity (Wildman–Crippen MR) is 111 cm³/mol. The fraction of sp³-hybridized carbons (Fsp3) is 0.304. The molecule has 2 aromatic carbocycles. The first-order chi connectivity index (χ1) is 14.0. The molecule has 4 rings (SSSR count). The quantitative estimate of drug-likeness (QED) is 0.524. The molecule has 0 aliphatic carbocycles. The van der Waals surface area contributed by atoms with Crippen LogP contribution in [0.15, 0.2) is 51.7 Å². The van der Waals surface area contributed by atoms with Crippen LogP contribution >= 0.6 is 0 Å². The van der Waals surface area contributed by atoms with Crippen molar-refractivity contribution >= 4 is 16.8 Å². The second-order valence-electron chi connectivity index (χ2n) is 7.54. The average molecular weight is 392 g/mol. The van der Waals surface area contributed by atoms with Gasteiger partial charge < -0.3 is 14.8 Å². The van der Waals surface area contributed by atoms with Crippen LogP contribution < -0.4 is 10.9 Å². The number of phenolic OH excluding ortho intramolecular Hbond substituents is 1. The van der Waals surface area contributed by atoms with Crippen LogP contribution in [-0.2, 0) is 6.54 Å². The number of nitrogens with zero attached hydrogens (tertiary/aromatic N) is 1. The van der Waals surface area contributed by atoms with Crippen LogP contribution in [0.2, 0.25) is 0 Å². The second kappa shape index (κ2) is 7.81. The lowest BCUT2D eigenvalue weighted by Crippen LogP contribution is -2.45. The number of fused-ring (bicyclic) bond motifs is 1. The Kier molecular flexibility index (Phi) is 5.22. The summed E-state index contributed by atoms with van der Waals surface area (Å²) in [5.41, 5.74) is 2.23. The lowest BCUT2D eigenvalue weighted by molar-refractivity contribution is 0.101. The minimum Gasteiger partial charge on any atom is -0.507 e. The molecule has 1 saturated heterocycles. The van der Waals surface area contributed by atoms with Gasteiger partial charge in [-0.25, -0.2) is 4.79 Å². The summed E-state index contributed by atoms with van der Waals surface area (Å²) in [6.45, 7) is 6.04. The molecular weight excluding hydrogens is 368 g/mol. The van der Waals surface area contributed by atoms with Gasteiger partial charge >= 0.3 is 5.63 Å². The van der Waals surface area contributed by atoms with E-state index in [2.05, 4.69) is 22.3 Å². The monoisotopic (exact) mass is 392 g/mol. The van der Waals surface area contributed by atoms with Gasteiger partial charge in [-0.3, -0.25) is 9.69 Å². The molecule has 2 N–H and O–H groups in total. The highest BCUT2D eigenvalue weighted by molar-refractivity contribution is 5.97. The largest absolute Gasteiger partial charge is 0.507 e. The molecule has 1 aromatic heterocycles. The molecule has 2 heterocycles. The molecule has 1 unspecified atom stereocenters. The van der Waals surface area contributed by atoms with Gasteiger partial charge in [0, 0.05) is 37.6 Å². The van der Waals surface area contributed by atoms with Crippen molar-refractivity contribution in [3.63, 3.8) is 0 Å². The zero-order valence-corrected chi connectivity index (χ0v) is 16.6. The molecule has 0 bridgehead atoms. The number of hydrogen-bond acceptors (Lipinski definition) is 6. The van der Waals surface area contributed by atoms with Gasteiger partial charge in [0.05, 0.1) is 5.56 Å². The van der Waals surface area contributed by atoms with Gasteiger partial charge in [-0.1, -0.05) is 30.3 Å². The van der Waals surface area contributed by atoms with E-state index in [1.54, 1.807) is 12.1 Å². The number of carbonyl (C=O) groups excluding carboxylic acids is 1. The Balaban J connectivity index is 1.80. The minimum absolute atomic E-state index is 0.0292.